The minimum atomic E-state index is -0.479. The lowest BCUT2D eigenvalue weighted by Crippen LogP contribution is -2.06. The molecular weight excluding hydrogens is 316 g/mol. The standard InChI is InChI=1S/C21H16O2S/c22-21(23-24)20(18-14-8-3-9-15-18)19(16-10-4-1-5-11-16)17-12-6-2-7-13-17/h1-15,24H. The molecule has 0 fully saturated rings. The van der Waals surface area contributed by atoms with Gasteiger partial charge in [0.15, 0.2) is 0 Å². The number of carbonyl (C=O) groups excluding carboxylic acids is 1. The van der Waals surface area contributed by atoms with Gasteiger partial charge in [0, 0.05) is 18.5 Å². The molecule has 0 radical (unpaired) electrons. The predicted octanol–water partition coefficient (Wildman–Crippen LogP) is 5.03. The van der Waals surface area contributed by atoms with Gasteiger partial charge in [0.05, 0.1) is 5.57 Å². The number of benzene rings is 3. The molecule has 24 heavy (non-hydrogen) atoms. The van der Waals surface area contributed by atoms with Crippen LogP contribution in [0.4, 0.5) is 0 Å². The number of hydrogen-bond acceptors (Lipinski definition) is 3. The Balaban J connectivity index is 2.35. The molecule has 0 saturated carbocycles. The highest BCUT2D eigenvalue weighted by Gasteiger charge is 2.21. The summed E-state index contributed by atoms with van der Waals surface area (Å²) in [6, 6.07) is 29.1. The van der Waals surface area contributed by atoms with E-state index < -0.39 is 5.97 Å². The number of thiol groups is 1. The van der Waals surface area contributed by atoms with Crippen molar-refractivity contribution in [1.82, 2.24) is 0 Å². The van der Waals surface area contributed by atoms with Gasteiger partial charge < -0.3 is 4.18 Å². The van der Waals surface area contributed by atoms with Crippen LogP contribution >= 0.6 is 12.9 Å². The monoisotopic (exact) mass is 332 g/mol. The summed E-state index contributed by atoms with van der Waals surface area (Å²) < 4.78 is 4.79. The van der Waals surface area contributed by atoms with Crippen LogP contribution < -0.4 is 0 Å². The first-order valence-corrected chi connectivity index (χ1v) is 7.94. The average Bonchev–Trinajstić information content (AvgIpc) is 2.67. The zero-order valence-electron chi connectivity index (χ0n) is 12.9. The summed E-state index contributed by atoms with van der Waals surface area (Å²) in [5.41, 5.74) is 3.99. The second kappa shape index (κ2) is 7.66. The Hall–Kier alpha value is -2.78. The summed E-state index contributed by atoms with van der Waals surface area (Å²) in [5, 5.41) is 0. The van der Waals surface area contributed by atoms with Crippen LogP contribution in [0.15, 0.2) is 91.0 Å². The highest BCUT2D eigenvalue weighted by molar-refractivity contribution is 7.75. The lowest BCUT2D eigenvalue weighted by molar-refractivity contribution is -0.126. The normalized spacial score (nSPS) is 10.0. The van der Waals surface area contributed by atoms with Gasteiger partial charge in [-0.25, -0.2) is 4.79 Å². The first-order valence-electron chi connectivity index (χ1n) is 7.57. The van der Waals surface area contributed by atoms with Crippen molar-refractivity contribution in [1.29, 1.82) is 0 Å². The molecule has 0 amide bonds. The van der Waals surface area contributed by atoms with E-state index in [0.29, 0.717) is 5.57 Å². The molecule has 3 heteroatoms. The van der Waals surface area contributed by atoms with Crippen molar-refractivity contribution in [2.75, 3.05) is 0 Å². The molecule has 3 aromatic carbocycles. The van der Waals surface area contributed by atoms with Gasteiger partial charge in [-0.05, 0) is 16.7 Å². The van der Waals surface area contributed by atoms with E-state index >= 15 is 0 Å². The fourth-order valence-electron chi connectivity index (χ4n) is 2.68. The van der Waals surface area contributed by atoms with E-state index in [-0.39, 0.29) is 0 Å². The van der Waals surface area contributed by atoms with Gasteiger partial charge in [0.1, 0.15) is 0 Å². The minimum Gasteiger partial charge on any atom is -0.391 e. The second-order valence-corrected chi connectivity index (χ2v) is 5.41. The smallest absolute Gasteiger partial charge is 0.351 e. The summed E-state index contributed by atoms with van der Waals surface area (Å²) in [7, 11) is 0. The van der Waals surface area contributed by atoms with Crippen LogP contribution in [-0.4, -0.2) is 5.97 Å². The van der Waals surface area contributed by atoms with Gasteiger partial charge in [-0.1, -0.05) is 91.0 Å². The minimum absolute atomic E-state index is 0.479. The van der Waals surface area contributed by atoms with Crippen molar-refractivity contribution in [2.24, 2.45) is 0 Å². The molecule has 118 valence electrons. The maximum Gasteiger partial charge on any atom is 0.351 e. The van der Waals surface area contributed by atoms with Crippen molar-refractivity contribution in [2.45, 2.75) is 0 Å². The van der Waals surface area contributed by atoms with Crippen molar-refractivity contribution in [3.05, 3.63) is 108 Å². The van der Waals surface area contributed by atoms with Gasteiger partial charge in [0.25, 0.3) is 0 Å². The quantitative estimate of drug-likeness (QED) is 0.314. The Morgan fingerprint density at radius 3 is 1.38 bits per heavy atom. The highest BCUT2D eigenvalue weighted by Crippen LogP contribution is 2.33. The molecule has 0 unspecified atom stereocenters. The fraction of sp³-hybridized carbons (Fsp3) is 0. The predicted molar refractivity (Wildman–Crippen MR) is 100 cm³/mol. The van der Waals surface area contributed by atoms with Gasteiger partial charge in [-0.3, -0.25) is 0 Å². The number of rotatable bonds is 4. The lowest BCUT2D eigenvalue weighted by atomic mass is 9.89. The first-order chi connectivity index (χ1) is 11.8. The van der Waals surface area contributed by atoms with E-state index in [1.54, 1.807) is 0 Å². The maximum atomic E-state index is 12.5. The molecule has 0 atom stereocenters. The highest BCUT2D eigenvalue weighted by atomic mass is 32.1. The molecule has 0 aliphatic carbocycles. The second-order valence-electron chi connectivity index (χ2n) is 5.23. The van der Waals surface area contributed by atoms with Crippen LogP contribution in [0.25, 0.3) is 11.1 Å². The SMILES string of the molecule is O=C(OS)C(=C(c1ccccc1)c1ccccc1)c1ccccc1. The summed E-state index contributed by atoms with van der Waals surface area (Å²) >= 11 is 3.74. The zero-order chi connectivity index (χ0) is 16.8. The Kier molecular flexibility index (Phi) is 5.14. The lowest BCUT2D eigenvalue weighted by Gasteiger charge is -2.15. The fourth-order valence-corrected chi connectivity index (χ4v) is 2.77. The van der Waals surface area contributed by atoms with E-state index in [2.05, 4.69) is 12.9 Å². The number of carbonyl (C=O) groups is 1. The van der Waals surface area contributed by atoms with Crippen LogP contribution in [0.2, 0.25) is 0 Å². The van der Waals surface area contributed by atoms with Crippen molar-refractivity contribution < 1.29 is 8.98 Å². The third-order valence-electron chi connectivity index (χ3n) is 3.72. The molecule has 0 bridgehead atoms. The first kappa shape index (κ1) is 16.1. The molecule has 2 nitrogen and oxygen atoms in total. The van der Waals surface area contributed by atoms with Gasteiger partial charge >= 0.3 is 5.97 Å². The summed E-state index contributed by atoms with van der Waals surface area (Å²) in [4.78, 5) is 12.5. The van der Waals surface area contributed by atoms with Gasteiger partial charge in [-0.15, -0.1) is 0 Å². The Morgan fingerprint density at radius 2 is 1.00 bits per heavy atom. The molecule has 3 aromatic rings. The van der Waals surface area contributed by atoms with Crippen LogP contribution in [0.3, 0.4) is 0 Å². The topological polar surface area (TPSA) is 26.3 Å². The maximum absolute atomic E-state index is 12.5. The molecule has 3 rings (SSSR count). The molecule has 0 N–H and O–H groups in total. The molecule has 0 aliphatic heterocycles. The molecule has 0 aliphatic rings. The molecule has 0 aromatic heterocycles. The van der Waals surface area contributed by atoms with Crippen molar-refractivity contribution in [3.8, 4) is 0 Å². The Labute approximate surface area is 147 Å². The third-order valence-corrected chi connectivity index (χ3v) is 3.89. The largest absolute Gasteiger partial charge is 0.391 e. The van der Waals surface area contributed by atoms with Crippen molar-refractivity contribution >= 4 is 30.0 Å². The Morgan fingerprint density at radius 1 is 0.625 bits per heavy atom. The van der Waals surface area contributed by atoms with E-state index in [9.17, 15) is 4.79 Å². The van der Waals surface area contributed by atoms with Crippen molar-refractivity contribution in [3.63, 3.8) is 0 Å². The van der Waals surface area contributed by atoms with Gasteiger partial charge in [0.2, 0.25) is 0 Å². The summed E-state index contributed by atoms with van der Waals surface area (Å²) in [5.74, 6) is -0.479. The van der Waals surface area contributed by atoms with Crippen LogP contribution in [0.1, 0.15) is 16.7 Å². The molecule has 0 heterocycles. The Bertz CT molecular complexity index is 799. The summed E-state index contributed by atoms with van der Waals surface area (Å²) in [6.07, 6.45) is 0. The van der Waals surface area contributed by atoms with E-state index in [0.717, 1.165) is 22.3 Å². The average molecular weight is 332 g/mol. The van der Waals surface area contributed by atoms with E-state index in [1.807, 2.05) is 91.0 Å². The molecular formula is C21H16O2S. The van der Waals surface area contributed by atoms with Gasteiger partial charge in [-0.2, -0.15) is 0 Å². The van der Waals surface area contributed by atoms with Crippen LogP contribution in [0.5, 0.6) is 0 Å². The van der Waals surface area contributed by atoms with Crippen LogP contribution in [-0.2, 0) is 8.98 Å². The van der Waals surface area contributed by atoms with E-state index in [1.165, 1.54) is 0 Å². The third kappa shape index (κ3) is 3.42. The molecule has 0 spiro atoms. The molecule has 0 saturated heterocycles. The van der Waals surface area contributed by atoms with Crippen LogP contribution in [0, 0.1) is 0 Å². The van der Waals surface area contributed by atoms with E-state index in [4.69, 9.17) is 4.18 Å². The zero-order valence-corrected chi connectivity index (χ0v) is 13.8. The summed E-state index contributed by atoms with van der Waals surface area (Å²) in [6.45, 7) is 0. The number of hydrogen-bond donors (Lipinski definition) is 1.